The molecule has 1 amide bonds. The SMILES string of the molecule is O=C(N[C@@H]1CC[C@](C(=O)O)(C(F)(F)F)C1)C(F)(F)F. The van der Waals surface area contributed by atoms with Gasteiger partial charge in [-0.1, -0.05) is 0 Å². The molecule has 0 aromatic rings. The molecule has 1 fully saturated rings. The van der Waals surface area contributed by atoms with Crippen molar-refractivity contribution in [1.82, 2.24) is 5.32 Å². The van der Waals surface area contributed by atoms with Crippen molar-refractivity contribution in [2.24, 2.45) is 5.41 Å². The number of aliphatic carboxylic acids is 1. The number of carboxylic acid groups (broad SMARTS) is 1. The summed E-state index contributed by atoms with van der Waals surface area (Å²) in [5.41, 5.74) is -3.10. The van der Waals surface area contributed by atoms with E-state index in [0.717, 1.165) is 0 Å². The van der Waals surface area contributed by atoms with E-state index in [1.165, 1.54) is 5.32 Å². The molecule has 1 rings (SSSR count). The smallest absolute Gasteiger partial charge is 0.471 e. The number of hydrogen-bond donors (Lipinski definition) is 2. The van der Waals surface area contributed by atoms with Gasteiger partial charge in [0.05, 0.1) is 0 Å². The van der Waals surface area contributed by atoms with E-state index in [1.807, 2.05) is 0 Å². The highest BCUT2D eigenvalue weighted by atomic mass is 19.4. The molecule has 0 aromatic heterocycles. The second kappa shape index (κ2) is 4.57. The molecule has 1 saturated carbocycles. The van der Waals surface area contributed by atoms with Crippen molar-refractivity contribution in [3.8, 4) is 0 Å². The Morgan fingerprint density at radius 3 is 2.00 bits per heavy atom. The van der Waals surface area contributed by atoms with Crippen molar-refractivity contribution >= 4 is 11.9 Å². The van der Waals surface area contributed by atoms with Crippen molar-refractivity contribution in [1.29, 1.82) is 0 Å². The van der Waals surface area contributed by atoms with Gasteiger partial charge in [0.15, 0.2) is 5.41 Å². The van der Waals surface area contributed by atoms with Gasteiger partial charge in [0.25, 0.3) is 0 Å². The van der Waals surface area contributed by atoms with E-state index in [0.29, 0.717) is 0 Å². The zero-order chi connectivity index (χ0) is 15.1. The summed E-state index contributed by atoms with van der Waals surface area (Å²) >= 11 is 0. The predicted octanol–water partition coefficient (Wildman–Crippen LogP) is 1.85. The number of halogens is 6. The van der Waals surface area contributed by atoms with Crippen molar-refractivity contribution in [2.45, 2.75) is 37.7 Å². The molecular weight excluding hydrogens is 284 g/mol. The molecule has 0 bridgehead atoms. The van der Waals surface area contributed by atoms with Gasteiger partial charge in [0.2, 0.25) is 0 Å². The Kier molecular flexibility index (Phi) is 3.74. The number of carbonyl (C=O) groups is 2. The highest BCUT2D eigenvalue weighted by molar-refractivity contribution is 5.82. The molecule has 0 spiro atoms. The fraction of sp³-hybridized carbons (Fsp3) is 0.778. The molecule has 0 heterocycles. The van der Waals surface area contributed by atoms with Gasteiger partial charge in [-0.25, -0.2) is 0 Å². The molecule has 2 N–H and O–H groups in total. The van der Waals surface area contributed by atoms with Crippen molar-refractivity contribution in [3.63, 3.8) is 0 Å². The maximum Gasteiger partial charge on any atom is 0.471 e. The van der Waals surface area contributed by atoms with E-state index in [2.05, 4.69) is 0 Å². The minimum Gasteiger partial charge on any atom is -0.481 e. The Labute approximate surface area is 102 Å². The minimum atomic E-state index is -5.22. The third-order valence-electron chi connectivity index (χ3n) is 3.06. The number of carboxylic acids is 1. The number of carbonyl (C=O) groups excluding carboxylic acids is 1. The highest BCUT2D eigenvalue weighted by Crippen LogP contribution is 2.50. The molecule has 0 aromatic carbocycles. The monoisotopic (exact) mass is 293 g/mol. The maximum absolute atomic E-state index is 12.7. The van der Waals surface area contributed by atoms with Crippen LogP contribution in [-0.4, -0.2) is 35.4 Å². The largest absolute Gasteiger partial charge is 0.481 e. The lowest BCUT2D eigenvalue weighted by Crippen LogP contribution is -2.46. The molecule has 0 radical (unpaired) electrons. The zero-order valence-corrected chi connectivity index (χ0v) is 9.23. The molecule has 0 unspecified atom stereocenters. The van der Waals surface area contributed by atoms with Crippen LogP contribution in [0.4, 0.5) is 26.3 Å². The van der Waals surface area contributed by atoms with Crippen LogP contribution in [0.3, 0.4) is 0 Å². The minimum absolute atomic E-state index is 0.479. The molecule has 10 heteroatoms. The van der Waals surface area contributed by atoms with Crippen LogP contribution >= 0.6 is 0 Å². The fourth-order valence-corrected chi connectivity index (χ4v) is 2.01. The van der Waals surface area contributed by atoms with Crippen LogP contribution in [0.1, 0.15) is 19.3 Å². The van der Waals surface area contributed by atoms with E-state index in [1.54, 1.807) is 0 Å². The van der Waals surface area contributed by atoms with Crippen LogP contribution in [-0.2, 0) is 9.59 Å². The number of alkyl halides is 6. The van der Waals surface area contributed by atoms with Crippen LogP contribution < -0.4 is 5.32 Å². The Hall–Kier alpha value is -1.48. The van der Waals surface area contributed by atoms with Gasteiger partial charge >= 0.3 is 24.2 Å². The van der Waals surface area contributed by atoms with E-state index in [9.17, 15) is 35.9 Å². The summed E-state index contributed by atoms with van der Waals surface area (Å²) in [5, 5.41) is 10.0. The molecule has 2 atom stereocenters. The van der Waals surface area contributed by atoms with Crippen LogP contribution in [0, 0.1) is 5.41 Å². The first kappa shape index (κ1) is 15.6. The highest BCUT2D eigenvalue weighted by Gasteiger charge is 2.64. The summed E-state index contributed by atoms with van der Waals surface area (Å²) in [7, 11) is 0. The first-order valence-corrected chi connectivity index (χ1v) is 5.08. The number of nitrogens with one attached hydrogen (secondary N) is 1. The molecule has 1 aliphatic carbocycles. The predicted molar refractivity (Wildman–Crippen MR) is 48.0 cm³/mol. The van der Waals surface area contributed by atoms with Gasteiger partial charge in [-0.3, -0.25) is 9.59 Å². The van der Waals surface area contributed by atoms with Crippen molar-refractivity contribution in [2.75, 3.05) is 0 Å². The van der Waals surface area contributed by atoms with E-state index in [4.69, 9.17) is 5.11 Å². The Bertz CT molecular complexity index is 390. The fourth-order valence-electron chi connectivity index (χ4n) is 2.01. The van der Waals surface area contributed by atoms with Gasteiger partial charge in [-0.05, 0) is 19.3 Å². The topological polar surface area (TPSA) is 66.4 Å². The van der Waals surface area contributed by atoms with Gasteiger partial charge in [0.1, 0.15) is 0 Å². The number of amides is 1. The Morgan fingerprint density at radius 1 is 1.16 bits per heavy atom. The summed E-state index contributed by atoms with van der Waals surface area (Å²) in [4.78, 5) is 21.3. The van der Waals surface area contributed by atoms with E-state index in [-0.39, 0.29) is 0 Å². The molecule has 4 nitrogen and oxygen atoms in total. The summed E-state index contributed by atoms with van der Waals surface area (Å²) < 4.78 is 73.9. The van der Waals surface area contributed by atoms with Gasteiger partial charge in [-0.2, -0.15) is 26.3 Å². The third-order valence-corrected chi connectivity index (χ3v) is 3.06. The van der Waals surface area contributed by atoms with Gasteiger partial charge in [-0.15, -0.1) is 0 Å². The summed E-state index contributed by atoms with van der Waals surface area (Å²) in [6.45, 7) is 0. The van der Waals surface area contributed by atoms with Crippen molar-refractivity contribution < 1.29 is 41.0 Å². The van der Waals surface area contributed by atoms with Crippen LogP contribution in [0.25, 0.3) is 0 Å². The van der Waals surface area contributed by atoms with Crippen LogP contribution in [0.15, 0.2) is 0 Å². The lowest BCUT2D eigenvalue weighted by Gasteiger charge is -2.27. The van der Waals surface area contributed by atoms with E-state index >= 15 is 0 Å². The van der Waals surface area contributed by atoms with Crippen LogP contribution in [0.2, 0.25) is 0 Å². The Balaban J connectivity index is 2.82. The molecular formula is C9H9F6NO3. The second-order valence-corrected chi connectivity index (χ2v) is 4.30. The summed E-state index contributed by atoms with van der Waals surface area (Å²) in [6.07, 6.45) is -12.8. The zero-order valence-electron chi connectivity index (χ0n) is 9.23. The molecule has 19 heavy (non-hydrogen) atoms. The third kappa shape index (κ3) is 2.92. The maximum atomic E-state index is 12.7. The number of hydrogen-bond acceptors (Lipinski definition) is 2. The Morgan fingerprint density at radius 2 is 1.68 bits per heavy atom. The van der Waals surface area contributed by atoms with Gasteiger partial charge < -0.3 is 10.4 Å². The van der Waals surface area contributed by atoms with E-state index < -0.39 is 54.9 Å². The molecule has 110 valence electrons. The lowest BCUT2D eigenvalue weighted by molar-refractivity contribution is -0.230. The summed E-state index contributed by atoms with van der Waals surface area (Å²) in [6, 6.07) is -1.47. The summed E-state index contributed by atoms with van der Waals surface area (Å²) in [5.74, 6) is -4.52. The molecule has 0 aliphatic heterocycles. The normalized spacial score (nSPS) is 28.2. The van der Waals surface area contributed by atoms with Gasteiger partial charge in [0, 0.05) is 6.04 Å². The first-order valence-electron chi connectivity index (χ1n) is 5.08. The lowest BCUT2D eigenvalue weighted by atomic mass is 9.85. The first-order chi connectivity index (χ1) is 8.40. The number of rotatable bonds is 2. The molecule has 1 aliphatic rings. The average Bonchev–Trinajstić information content (AvgIpc) is 2.60. The molecule has 0 saturated heterocycles. The quantitative estimate of drug-likeness (QED) is 0.764. The average molecular weight is 293 g/mol. The van der Waals surface area contributed by atoms with Crippen molar-refractivity contribution in [3.05, 3.63) is 0 Å². The van der Waals surface area contributed by atoms with Crippen LogP contribution in [0.5, 0.6) is 0 Å². The second-order valence-electron chi connectivity index (χ2n) is 4.30. The standard InChI is InChI=1S/C9H9F6NO3/c10-8(11,12)5(17)16-4-1-2-7(3-4,6(18)19)9(13,14)15/h4H,1-3H2,(H,16,17)(H,18,19)/t4-,7+/m1/s1.